The molecule has 1 amide bonds. The summed E-state index contributed by atoms with van der Waals surface area (Å²) in [6, 6.07) is 17.3. The fourth-order valence-corrected chi connectivity index (χ4v) is 2.63. The van der Waals surface area contributed by atoms with Crippen molar-refractivity contribution in [2.75, 3.05) is 5.32 Å². The van der Waals surface area contributed by atoms with Crippen LogP contribution in [0, 0.1) is 5.82 Å². The Balaban J connectivity index is 1.46. The van der Waals surface area contributed by atoms with Gasteiger partial charge in [0, 0.05) is 11.3 Å². The lowest BCUT2D eigenvalue weighted by Crippen LogP contribution is -2.11. The zero-order chi connectivity index (χ0) is 18.8. The number of fused-ring (bicyclic) bond motifs is 1. The summed E-state index contributed by atoms with van der Waals surface area (Å²) in [7, 11) is 0. The lowest BCUT2D eigenvalue weighted by Gasteiger charge is -2.08. The molecule has 0 atom stereocenters. The molecule has 0 radical (unpaired) electrons. The Hall–Kier alpha value is -3.87. The Morgan fingerprint density at radius 3 is 2.19 bits per heavy atom. The van der Waals surface area contributed by atoms with Crippen molar-refractivity contribution in [3.63, 3.8) is 0 Å². The number of halogens is 1. The van der Waals surface area contributed by atoms with Gasteiger partial charge in [0.2, 0.25) is 0 Å². The Kier molecular flexibility index (Phi) is 4.18. The number of aromatic amines is 2. The number of nitrogens with one attached hydrogen (secondary N) is 3. The summed E-state index contributed by atoms with van der Waals surface area (Å²) in [4.78, 5) is 29.0. The van der Waals surface area contributed by atoms with Gasteiger partial charge in [-0.15, -0.1) is 0 Å². The molecule has 1 heterocycles. The second-order valence-corrected chi connectivity index (χ2v) is 5.87. The second kappa shape index (κ2) is 6.80. The van der Waals surface area contributed by atoms with Gasteiger partial charge in [-0.25, -0.2) is 9.18 Å². The number of carbonyl (C=O) groups excluding carboxylic acids is 1. The number of imidazole rings is 1. The first-order valence-electron chi connectivity index (χ1n) is 8.14. The highest BCUT2D eigenvalue weighted by atomic mass is 19.1. The minimum absolute atomic E-state index is 0.291. The van der Waals surface area contributed by atoms with E-state index in [4.69, 9.17) is 4.74 Å². The van der Waals surface area contributed by atoms with Gasteiger partial charge < -0.3 is 20.0 Å². The van der Waals surface area contributed by atoms with E-state index in [-0.39, 0.29) is 17.4 Å². The van der Waals surface area contributed by atoms with Gasteiger partial charge in [-0.3, -0.25) is 4.79 Å². The highest BCUT2D eigenvalue weighted by Gasteiger charge is 2.08. The summed E-state index contributed by atoms with van der Waals surface area (Å²) < 4.78 is 18.5. The van der Waals surface area contributed by atoms with Crippen molar-refractivity contribution < 1.29 is 13.9 Å². The van der Waals surface area contributed by atoms with Crippen molar-refractivity contribution in [2.24, 2.45) is 0 Å². The third-order valence-electron chi connectivity index (χ3n) is 3.94. The second-order valence-electron chi connectivity index (χ2n) is 5.87. The van der Waals surface area contributed by atoms with E-state index in [0.717, 1.165) is 0 Å². The first-order valence-corrected chi connectivity index (χ1v) is 8.14. The molecular formula is C20H14FN3O3. The van der Waals surface area contributed by atoms with Crippen LogP contribution in [0.4, 0.5) is 10.1 Å². The van der Waals surface area contributed by atoms with Crippen molar-refractivity contribution in [1.29, 1.82) is 0 Å². The molecule has 0 unspecified atom stereocenters. The summed E-state index contributed by atoms with van der Waals surface area (Å²) in [5, 5.41) is 2.78. The molecular weight excluding hydrogens is 349 g/mol. The van der Waals surface area contributed by atoms with E-state index in [0.29, 0.717) is 33.8 Å². The Bertz CT molecular complexity index is 1160. The zero-order valence-electron chi connectivity index (χ0n) is 14.0. The molecule has 134 valence electrons. The Morgan fingerprint density at radius 2 is 1.48 bits per heavy atom. The third-order valence-corrected chi connectivity index (χ3v) is 3.94. The molecule has 7 heteroatoms. The predicted molar refractivity (Wildman–Crippen MR) is 99.8 cm³/mol. The lowest BCUT2D eigenvalue weighted by atomic mass is 10.2. The van der Waals surface area contributed by atoms with Crippen molar-refractivity contribution in [3.8, 4) is 11.5 Å². The van der Waals surface area contributed by atoms with E-state index in [9.17, 15) is 14.0 Å². The number of hydrogen-bond donors (Lipinski definition) is 3. The van der Waals surface area contributed by atoms with Crippen LogP contribution in [0.3, 0.4) is 0 Å². The monoisotopic (exact) mass is 363 g/mol. The van der Waals surface area contributed by atoms with Crippen LogP contribution in [0.15, 0.2) is 71.5 Å². The van der Waals surface area contributed by atoms with Crippen LogP contribution in [0.2, 0.25) is 0 Å². The molecule has 1 aromatic heterocycles. The van der Waals surface area contributed by atoms with Crippen LogP contribution in [0.25, 0.3) is 11.0 Å². The first-order chi connectivity index (χ1) is 13.1. The number of anilines is 1. The van der Waals surface area contributed by atoms with Crippen molar-refractivity contribution in [1.82, 2.24) is 9.97 Å². The molecule has 27 heavy (non-hydrogen) atoms. The molecule has 0 fully saturated rings. The minimum Gasteiger partial charge on any atom is -0.457 e. The predicted octanol–water partition coefficient (Wildman–Crippen LogP) is 4.04. The van der Waals surface area contributed by atoms with Crippen LogP contribution < -0.4 is 15.7 Å². The Morgan fingerprint density at radius 1 is 0.852 bits per heavy atom. The molecule has 6 nitrogen and oxygen atoms in total. The Labute approximate surface area is 152 Å². The standard InChI is InChI=1S/C20H14FN3O3/c21-13-3-8-16(9-4-13)27-15-6-1-12(2-7-15)19(25)22-14-5-10-17-18(11-14)24-20(26)23-17/h1-11H,(H,22,25)(H2,23,24,26). The number of aromatic nitrogens is 2. The van der Waals surface area contributed by atoms with Crippen molar-refractivity contribution in [3.05, 3.63) is 88.6 Å². The molecule has 0 aliphatic carbocycles. The molecule has 0 aliphatic rings. The van der Waals surface area contributed by atoms with Gasteiger partial charge in [0.15, 0.2) is 0 Å². The molecule has 4 rings (SSSR count). The quantitative estimate of drug-likeness (QED) is 0.511. The van der Waals surface area contributed by atoms with E-state index < -0.39 is 0 Å². The van der Waals surface area contributed by atoms with Crippen molar-refractivity contribution >= 4 is 22.6 Å². The average molecular weight is 363 g/mol. The molecule has 3 N–H and O–H groups in total. The average Bonchev–Trinajstić information content (AvgIpc) is 3.03. The highest BCUT2D eigenvalue weighted by Crippen LogP contribution is 2.22. The molecule has 0 bridgehead atoms. The molecule has 3 aromatic carbocycles. The van der Waals surface area contributed by atoms with Crippen LogP contribution in [-0.2, 0) is 0 Å². The minimum atomic E-state index is -0.337. The van der Waals surface area contributed by atoms with Gasteiger partial charge >= 0.3 is 5.69 Å². The molecule has 0 aliphatic heterocycles. The summed E-state index contributed by atoms with van der Waals surface area (Å²) in [6.45, 7) is 0. The molecule has 0 saturated heterocycles. The van der Waals surface area contributed by atoms with E-state index >= 15 is 0 Å². The van der Waals surface area contributed by atoms with Crippen LogP contribution >= 0.6 is 0 Å². The zero-order valence-corrected chi connectivity index (χ0v) is 14.0. The van der Waals surface area contributed by atoms with Gasteiger partial charge in [0.1, 0.15) is 17.3 Å². The normalized spacial score (nSPS) is 10.7. The summed E-state index contributed by atoms with van der Waals surface area (Å²) in [5.74, 6) is 0.406. The fourth-order valence-electron chi connectivity index (χ4n) is 2.63. The van der Waals surface area contributed by atoms with Crippen LogP contribution in [0.1, 0.15) is 10.4 Å². The number of ether oxygens (including phenoxy) is 1. The van der Waals surface area contributed by atoms with E-state index in [1.165, 1.54) is 24.3 Å². The van der Waals surface area contributed by atoms with Crippen LogP contribution in [0.5, 0.6) is 11.5 Å². The maximum atomic E-state index is 12.9. The number of carbonyl (C=O) groups is 1. The van der Waals surface area contributed by atoms with Crippen molar-refractivity contribution in [2.45, 2.75) is 0 Å². The maximum Gasteiger partial charge on any atom is 0.323 e. The number of hydrogen-bond acceptors (Lipinski definition) is 3. The summed E-state index contributed by atoms with van der Waals surface area (Å²) >= 11 is 0. The summed E-state index contributed by atoms with van der Waals surface area (Å²) in [5.41, 5.74) is 1.99. The lowest BCUT2D eigenvalue weighted by molar-refractivity contribution is 0.102. The maximum absolute atomic E-state index is 12.9. The van der Waals surface area contributed by atoms with E-state index in [1.54, 1.807) is 42.5 Å². The molecule has 4 aromatic rings. The van der Waals surface area contributed by atoms with Gasteiger partial charge in [-0.05, 0) is 66.7 Å². The first kappa shape index (κ1) is 16.6. The van der Waals surface area contributed by atoms with Gasteiger partial charge in [0.25, 0.3) is 5.91 Å². The fraction of sp³-hybridized carbons (Fsp3) is 0. The van der Waals surface area contributed by atoms with Gasteiger partial charge in [-0.2, -0.15) is 0 Å². The number of H-pyrrole nitrogens is 2. The van der Waals surface area contributed by atoms with Gasteiger partial charge in [-0.1, -0.05) is 0 Å². The number of rotatable bonds is 4. The topological polar surface area (TPSA) is 87.0 Å². The molecule has 0 spiro atoms. The highest BCUT2D eigenvalue weighted by molar-refractivity contribution is 6.05. The molecule has 0 saturated carbocycles. The van der Waals surface area contributed by atoms with Crippen LogP contribution in [-0.4, -0.2) is 15.9 Å². The van der Waals surface area contributed by atoms with Gasteiger partial charge in [0.05, 0.1) is 11.0 Å². The van der Waals surface area contributed by atoms with E-state index in [1.807, 2.05) is 0 Å². The third kappa shape index (κ3) is 3.72. The number of amides is 1. The largest absolute Gasteiger partial charge is 0.457 e. The smallest absolute Gasteiger partial charge is 0.323 e. The SMILES string of the molecule is O=C(Nc1ccc2[nH]c(=O)[nH]c2c1)c1ccc(Oc2ccc(F)cc2)cc1. The number of benzene rings is 3. The van der Waals surface area contributed by atoms with E-state index in [2.05, 4.69) is 15.3 Å². The summed E-state index contributed by atoms with van der Waals surface area (Å²) in [6.07, 6.45) is 0.